The van der Waals surface area contributed by atoms with Gasteiger partial charge in [-0.25, -0.2) is 17.4 Å². The van der Waals surface area contributed by atoms with Crippen molar-refractivity contribution in [3.63, 3.8) is 0 Å². The minimum absolute atomic E-state index is 0.383. The summed E-state index contributed by atoms with van der Waals surface area (Å²) in [4.78, 5) is 4.02. The van der Waals surface area contributed by atoms with Crippen LogP contribution in [0.5, 0.6) is 0 Å². The van der Waals surface area contributed by atoms with E-state index in [0.29, 0.717) is 19.0 Å². The first kappa shape index (κ1) is 12.9. The standard InChI is InChI=1S/C13H14N4O2S/c18-20(19,10-7-12-5-2-1-3-6-12)17-9-4-8-16-13(17)14-11-15-16/h1-3,5-7,10-11H,4,8-9H2. The number of rotatable bonds is 3. The summed E-state index contributed by atoms with van der Waals surface area (Å²) in [6.45, 7) is 1.13. The Morgan fingerprint density at radius 2 is 1.95 bits per heavy atom. The quantitative estimate of drug-likeness (QED) is 0.859. The third-order valence-corrected chi connectivity index (χ3v) is 4.53. The average molecular weight is 290 g/mol. The topological polar surface area (TPSA) is 68.1 Å². The minimum Gasteiger partial charge on any atom is -0.234 e. The molecule has 1 aliphatic heterocycles. The lowest BCUT2D eigenvalue weighted by Crippen LogP contribution is -2.36. The maximum Gasteiger partial charge on any atom is 0.259 e. The van der Waals surface area contributed by atoms with Gasteiger partial charge in [0.1, 0.15) is 6.33 Å². The zero-order valence-electron chi connectivity index (χ0n) is 10.8. The number of anilines is 1. The van der Waals surface area contributed by atoms with Gasteiger partial charge < -0.3 is 0 Å². The highest BCUT2D eigenvalue weighted by Crippen LogP contribution is 2.21. The molecule has 0 saturated heterocycles. The molecular weight excluding hydrogens is 276 g/mol. The third kappa shape index (κ3) is 2.44. The summed E-state index contributed by atoms with van der Waals surface area (Å²) < 4.78 is 27.7. The number of hydrogen-bond donors (Lipinski definition) is 0. The van der Waals surface area contributed by atoms with Gasteiger partial charge in [-0.2, -0.15) is 10.1 Å². The van der Waals surface area contributed by atoms with Crippen molar-refractivity contribution in [1.82, 2.24) is 14.8 Å². The van der Waals surface area contributed by atoms with Gasteiger partial charge in [0.05, 0.1) is 5.41 Å². The molecule has 0 radical (unpaired) electrons. The molecule has 20 heavy (non-hydrogen) atoms. The van der Waals surface area contributed by atoms with Crippen LogP contribution in [0.25, 0.3) is 6.08 Å². The Balaban J connectivity index is 1.89. The average Bonchev–Trinajstić information content (AvgIpc) is 2.94. The number of aromatic nitrogens is 3. The number of hydrogen-bond acceptors (Lipinski definition) is 4. The summed E-state index contributed by atoms with van der Waals surface area (Å²) in [5.74, 6) is 0.383. The van der Waals surface area contributed by atoms with E-state index < -0.39 is 10.0 Å². The first-order valence-corrected chi connectivity index (χ1v) is 7.81. The summed E-state index contributed by atoms with van der Waals surface area (Å²) in [5.41, 5.74) is 0.842. The van der Waals surface area contributed by atoms with Crippen LogP contribution in [0.4, 0.5) is 5.95 Å². The molecule has 104 valence electrons. The second-order valence-electron chi connectivity index (χ2n) is 4.47. The summed E-state index contributed by atoms with van der Waals surface area (Å²) in [6.07, 6.45) is 3.70. The smallest absolute Gasteiger partial charge is 0.234 e. The van der Waals surface area contributed by atoms with Gasteiger partial charge in [0.25, 0.3) is 10.0 Å². The fourth-order valence-corrected chi connectivity index (χ4v) is 3.34. The van der Waals surface area contributed by atoms with Crippen molar-refractivity contribution in [1.29, 1.82) is 0 Å². The van der Waals surface area contributed by atoms with E-state index in [1.54, 1.807) is 10.8 Å². The van der Waals surface area contributed by atoms with E-state index in [1.165, 1.54) is 16.0 Å². The maximum absolute atomic E-state index is 12.4. The molecule has 1 aromatic heterocycles. The van der Waals surface area contributed by atoms with Crippen molar-refractivity contribution in [2.75, 3.05) is 10.8 Å². The predicted octanol–water partition coefficient (Wildman–Crippen LogP) is 1.49. The van der Waals surface area contributed by atoms with Crippen LogP contribution in [0.15, 0.2) is 42.1 Å². The molecule has 7 heteroatoms. The van der Waals surface area contributed by atoms with Crippen molar-refractivity contribution < 1.29 is 8.42 Å². The van der Waals surface area contributed by atoms with Crippen LogP contribution in [0.2, 0.25) is 0 Å². The van der Waals surface area contributed by atoms with Crippen LogP contribution in [0.3, 0.4) is 0 Å². The molecule has 0 bridgehead atoms. The second kappa shape index (κ2) is 5.09. The third-order valence-electron chi connectivity index (χ3n) is 3.09. The van der Waals surface area contributed by atoms with E-state index in [9.17, 15) is 8.42 Å². The fraction of sp³-hybridized carbons (Fsp3) is 0.231. The number of sulfonamides is 1. The normalized spacial score (nSPS) is 15.5. The molecule has 0 spiro atoms. The largest absolute Gasteiger partial charge is 0.259 e. The van der Waals surface area contributed by atoms with E-state index in [1.807, 2.05) is 30.3 Å². The van der Waals surface area contributed by atoms with Crippen LogP contribution in [0.1, 0.15) is 12.0 Å². The number of fused-ring (bicyclic) bond motifs is 1. The zero-order valence-corrected chi connectivity index (χ0v) is 11.6. The highest BCUT2D eigenvalue weighted by molar-refractivity contribution is 7.95. The summed E-state index contributed by atoms with van der Waals surface area (Å²) in [6, 6.07) is 9.32. The van der Waals surface area contributed by atoms with Gasteiger partial charge in [-0.05, 0) is 18.1 Å². The van der Waals surface area contributed by atoms with Gasteiger partial charge in [-0.15, -0.1) is 0 Å². The lowest BCUT2D eigenvalue weighted by Gasteiger charge is -2.25. The van der Waals surface area contributed by atoms with Crippen LogP contribution < -0.4 is 4.31 Å². The van der Waals surface area contributed by atoms with Crippen molar-refractivity contribution in [2.24, 2.45) is 0 Å². The molecule has 3 rings (SSSR count). The Hall–Kier alpha value is -2.15. The Morgan fingerprint density at radius 1 is 1.15 bits per heavy atom. The van der Waals surface area contributed by atoms with Gasteiger partial charge >= 0.3 is 0 Å². The molecule has 1 aromatic carbocycles. The number of aryl methyl sites for hydroxylation is 1. The second-order valence-corrected chi connectivity index (χ2v) is 6.21. The van der Waals surface area contributed by atoms with Gasteiger partial charge in [0.2, 0.25) is 5.95 Å². The molecule has 6 nitrogen and oxygen atoms in total. The van der Waals surface area contributed by atoms with Crippen molar-refractivity contribution in [3.05, 3.63) is 47.6 Å². The van der Waals surface area contributed by atoms with Crippen molar-refractivity contribution in [2.45, 2.75) is 13.0 Å². The summed E-state index contributed by atoms with van der Waals surface area (Å²) in [5, 5.41) is 5.23. The Morgan fingerprint density at radius 3 is 2.75 bits per heavy atom. The van der Waals surface area contributed by atoms with Gasteiger partial charge in [0, 0.05) is 13.1 Å². The van der Waals surface area contributed by atoms with E-state index >= 15 is 0 Å². The molecule has 0 saturated carbocycles. The molecule has 0 aliphatic carbocycles. The van der Waals surface area contributed by atoms with Gasteiger partial charge in [0.15, 0.2) is 0 Å². The Kier molecular flexibility index (Phi) is 3.27. The molecule has 2 aromatic rings. The SMILES string of the molecule is O=S(=O)(C=Cc1ccccc1)N1CCCn2ncnc21. The molecular formula is C13H14N4O2S. The van der Waals surface area contributed by atoms with Crippen LogP contribution in [0, 0.1) is 0 Å². The van der Waals surface area contributed by atoms with Crippen LogP contribution in [-0.2, 0) is 16.6 Å². The molecule has 0 N–H and O–H groups in total. The molecule has 0 fully saturated rings. The van der Waals surface area contributed by atoms with E-state index in [2.05, 4.69) is 10.1 Å². The maximum atomic E-state index is 12.4. The van der Waals surface area contributed by atoms with E-state index in [0.717, 1.165) is 12.0 Å². The summed E-state index contributed by atoms with van der Waals surface area (Å²) in [7, 11) is -3.54. The minimum atomic E-state index is -3.54. The summed E-state index contributed by atoms with van der Waals surface area (Å²) >= 11 is 0. The fourth-order valence-electron chi connectivity index (χ4n) is 2.12. The van der Waals surface area contributed by atoms with Crippen LogP contribution in [-0.4, -0.2) is 29.7 Å². The molecule has 2 heterocycles. The van der Waals surface area contributed by atoms with Crippen LogP contribution >= 0.6 is 0 Å². The van der Waals surface area contributed by atoms with E-state index in [-0.39, 0.29) is 0 Å². The van der Waals surface area contributed by atoms with E-state index in [4.69, 9.17) is 0 Å². The monoisotopic (exact) mass is 290 g/mol. The molecule has 1 aliphatic rings. The number of benzene rings is 1. The number of nitrogens with zero attached hydrogens (tertiary/aromatic N) is 4. The van der Waals surface area contributed by atoms with Crippen molar-refractivity contribution >= 4 is 22.0 Å². The zero-order chi connectivity index (χ0) is 14.0. The van der Waals surface area contributed by atoms with Gasteiger partial charge in [-0.3, -0.25) is 0 Å². The highest BCUT2D eigenvalue weighted by atomic mass is 32.2. The molecule has 0 amide bonds. The first-order chi connectivity index (χ1) is 9.67. The first-order valence-electron chi connectivity index (χ1n) is 6.30. The Bertz CT molecular complexity index is 722. The lowest BCUT2D eigenvalue weighted by atomic mass is 10.2. The highest BCUT2D eigenvalue weighted by Gasteiger charge is 2.27. The van der Waals surface area contributed by atoms with Gasteiger partial charge in [-0.1, -0.05) is 30.3 Å². The predicted molar refractivity (Wildman–Crippen MR) is 76.4 cm³/mol. The molecule has 0 atom stereocenters. The molecule has 0 unspecified atom stereocenters. The lowest BCUT2D eigenvalue weighted by molar-refractivity contribution is 0.533. The van der Waals surface area contributed by atoms with Crippen molar-refractivity contribution in [3.8, 4) is 0 Å². The Labute approximate surface area is 117 Å².